The lowest BCUT2D eigenvalue weighted by Gasteiger charge is -2.18. The molecular weight excluding hydrogens is 228 g/mol. The van der Waals surface area contributed by atoms with Crippen molar-refractivity contribution in [3.8, 4) is 5.88 Å². The summed E-state index contributed by atoms with van der Waals surface area (Å²) in [7, 11) is 0. The van der Waals surface area contributed by atoms with Gasteiger partial charge >= 0.3 is 0 Å². The van der Waals surface area contributed by atoms with Crippen molar-refractivity contribution in [3.63, 3.8) is 0 Å². The van der Waals surface area contributed by atoms with Crippen molar-refractivity contribution in [1.29, 1.82) is 0 Å². The minimum absolute atomic E-state index is 0.118. The molecule has 5 heteroatoms. The van der Waals surface area contributed by atoms with Gasteiger partial charge in [-0.1, -0.05) is 6.92 Å². The molecule has 0 radical (unpaired) electrons. The van der Waals surface area contributed by atoms with Gasteiger partial charge in [-0.25, -0.2) is 4.98 Å². The standard InChI is InChI=1S/C13H22N4O/c1-8(2)18-12-5-10(4)15-13(16-12)17-6-9(3)11(14)7-17/h5,8-9,11H,6-7,14H2,1-4H3. The van der Waals surface area contributed by atoms with Crippen LogP contribution in [0.5, 0.6) is 5.88 Å². The van der Waals surface area contributed by atoms with Gasteiger partial charge in [-0.15, -0.1) is 0 Å². The van der Waals surface area contributed by atoms with Crippen LogP contribution in [0.1, 0.15) is 26.5 Å². The molecule has 1 saturated heterocycles. The van der Waals surface area contributed by atoms with Crippen LogP contribution in [0, 0.1) is 12.8 Å². The lowest BCUT2D eigenvalue weighted by Crippen LogP contribution is -2.29. The zero-order valence-electron chi connectivity index (χ0n) is 11.6. The summed E-state index contributed by atoms with van der Waals surface area (Å²) in [6.45, 7) is 9.82. The Hall–Kier alpha value is -1.36. The normalized spacial score (nSPS) is 23.8. The number of hydrogen-bond acceptors (Lipinski definition) is 5. The van der Waals surface area contributed by atoms with E-state index in [1.807, 2.05) is 26.8 Å². The molecule has 0 saturated carbocycles. The molecule has 1 aromatic rings. The molecule has 2 unspecified atom stereocenters. The smallest absolute Gasteiger partial charge is 0.228 e. The topological polar surface area (TPSA) is 64.3 Å². The van der Waals surface area contributed by atoms with Gasteiger partial charge in [0.25, 0.3) is 0 Å². The van der Waals surface area contributed by atoms with E-state index in [-0.39, 0.29) is 12.1 Å². The number of nitrogens with zero attached hydrogens (tertiary/aromatic N) is 3. The highest BCUT2D eigenvalue weighted by Crippen LogP contribution is 2.22. The molecule has 2 rings (SSSR count). The Morgan fingerprint density at radius 2 is 2.11 bits per heavy atom. The number of aryl methyl sites for hydroxylation is 1. The second-order valence-corrected chi connectivity index (χ2v) is 5.36. The van der Waals surface area contributed by atoms with Gasteiger partial charge in [0, 0.05) is 30.9 Å². The Morgan fingerprint density at radius 1 is 1.39 bits per heavy atom. The Bertz CT molecular complexity index is 411. The second-order valence-electron chi connectivity index (χ2n) is 5.36. The van der Waals surface area contributed by atoms with E-state index in [0.717, 1.165) is 24.7 Å². The summed E-state index contributed by atoms with van der Waals surface area (Å²) in [5.41, 5.74) is 6.95. The van der Waals surface area contributed by atoms with Crippen LogP contribution in [0.4, 0.5) is 5.95 Å². The number of anilines is 1. The zero-order valence-corrected chi connectivity index (χ0v) is 11.6. The lowest BCUT2D eigenvalue weighted by molar-refractivity contribution is 0.232. The van der Waals surface area contributed by atoms with Crippen molar-refractivity contribution in [1.82, 2.24) is 9.97 Å². The van der Waals surface area contributed by atoms with Gasteiger partial charge in [-0.2, -0.15) is 4.98 Å². The monoisotopic (exact) mass is 250 g/mol. The van der Waals surface area contributed by atoms with Crippen molar-refractivity contribution >= 4 is 5.95 Å². The third-order valence-electron chi connectivity index (χ3n) is 3.13. The highest BCUT2D eigenvalue weighted by molar-refractivity contribution is 5.36. The van der Waals surface area contributed by atoms with Crippen LogP contribution >= 0.6 is 0 Å². The van der Waals surface area contributed by atoms with Crippen LogP contribution in [0.25, 0.3) is 0 Å². The zero-order chi connectivity index (χ0) is 13.3. The lowest BCUT2D eigenvalue weighted by atomic mass is 10.1. The quantitative estimate of drug-likeness (QED) is 0.877. The summed E-state index contributed by atoms with van der Waals surface area (Å²) in [4.78, 5) is 11.1. The predicted molar refractivity (Wildman–Crippen MR) is 71.9 cm³/mol. The van der Waals surface area contributed by atoms with E-state index < -0.39 is 0 Å². The molecule has 1 aliphatic heterocycles. The minimum Gasteiger partial charge on any atom is -0.475 e. The molecule has 0 spiro atoms. The highest BCUT2D eigenvalue weighted by atomic mass is 16.5. The van der Waals surface area contributed by atoms with E-state index in [1.54, 1.807) is 0 Å². The van der Waals surface area contributed by atoms with E-state index >= 15 is 0 Å². The van der Waals surface area contributed by atoms with Crippen LogP contribution in [-0.2, 0) is 0 Å². The Morgan fingerprint density at radius 3 is 2.67 bits per heavy atom. The first kappa shape index (κ1) is 13.1. The van der Waals surface area contributed by atoms with Crippen LogP contribution in [0.15, 0.2) is 6.07 Å². The molecule has 18 heavy (non-hydrogen) atoms. The molecule has 2 heterocycles. The maximum Gasteiger partial charge on any atom is 0.228 e. The largest absolute Gasteiger partial charge is 0.475 e. The Balaban J connectivity index is 2.20. The number of hydrogen-bond donors (Lipinski definition) is 1. The third kappa shape index (κ3) is 2.90. The highest BCUT2D eigenvalue weighted by Gasteiger charge is 2.28. The first-order valence-electron chi connectivity index (χ1n) is 6.48. The molecule has 100 valence electrons. The van der Waals surface area contributed by atoms with Crippen molar-refractivity contribution < 1.29 is 4.74 Å². The molecular formula is C13H22N4O. The minimum atomic E-state index is 0.118. The number of nitrogens with two attached hydrogens (primary N) is 1. The predicted octanol–water partition coefficient (Wildman–Crippen LogP) is 1.36. The van der Waals surface area contributed by atoms with E-state index in [9.17, 15) is 0 Å². The van der Waals surface area contributed by atoms with E-state index in [0.29, 0.717) is 11.8 Å². The van der Waals surface area contributed by atoms with E-state index in [2.05, 4.69) is 21.8 Å². The SMILES string of the molecule is Cc1cc(OC(C)C)nc(N2CC(C)C(N)C2)n1. The van der Waals surface area contributed by atoms with Gasteiger partial charge < -0.3 is 15.4 Å². The van der Waals surface area contributed by atoms with Crippen LogP contribution < -0.4 is 15.4 Å². The first-order chi connectivity index (χ1) is 8.45. The van der Waals surface area contributed by atoms with Gasteiger partial charge in [-0.3, -0.25) is 0 Å². The Kier molecular flexibility index (Phi) is 3.71. The number of rotatable bonds is 3. The van der Waals surface area contributed by atoms with Crippen molar-refractivity contribution in [2.45, 2.75) is 39.8 Å². The summed E-state index contributed by atoms with van der Waals surface area (Å²) in [5, 5.41) is 0. The van der Waals surface area contributed by atoms with Gasteiger partial charge in [-0.05, 0) is 26.7 Å². The second kappa shape index (κ2) is 5.10. The fourth-order valence-electron chi connectivity index (χ4n) is 2.12. The fraction of sp³-hybridized carbons (Fsp3) is 0.692. The number of aromatic nitrogens is 2. The van der Waals surface area contributed by atoms with Crippen molar-refractivity contribution in [2.24, 2.45) is 11.7 Å². The van der Waals surface area contributed by atoms with Crippen LogP contribution in [0.3, 0.4) is 0 Å². The molecule has 0 aliphatic carbocycles. The summed E-state index contributed by atoms with van der Waals surface area (Å²) in [6.07, 6.45) is 0.118. The summed E-state index contributed by atoms with van der Waals surface area (Å²) in [5.74, 6) is 1.84. The van der Waals surface area contributed by atoms with Crippen molar-refractivity contribution in [3.05, 3.63) is 11.8 Å². The molecule has 1 aromatic heterocycles. The molecule has 1 aliphatic rings. The average molecular weight is 250 g/mol. The Labute approximate surface area is 108 Å². The fourth-order valence-corrected chi connectivity index (χ4v) is 2.12. The van der Waals surface area contributed by atoms with Gasteiger partial charge in [0.15, 0.2) is 0 Å². The summed E-state index contributed by atoms with van der Waals surface area (Å²) < 4.78 is 5.64. The first-order valence-corrected chi connectivity index (χ1v) is 6.48. The third-order valence-corrected chi connectivity index (χ3v) is 3.13. The summed E-state index contributed by atoms with van der Waals surface area (Å²) in [6, 6.07) is 2.06. The van der Waals surface area contributed by atoms with Gasteiger partial charge in [0.2, 0.25) is 11.8 Å². The molecule has 0 amide bonds. The molecule has 1 fully saturated rings. The summed E-state index contributed by atoms with van der Waals surface area (Å²) >= 11 is 0. The molecule has 2 atom stereocenters. The maximum absolute atomic E-state index is 6.03. The van der Waals surface area contributed by atoms with E-state index in [4.69, 9.17) is 10.5 Å². The van der Waals surface area contributed by atoms with Crippen LogP contribution in [-0.4, -0.2) is 35.2 Å². The molecule has 5 nitrogen and oxygen atoms in total. The van der Waals surface area contributed by atoms with E-state index in [1.165, 1.54) is 0 Å². The van der Waals surface area contributed by atoms with Crippen LogP contribution in [0.2, 0.25) is 0 Å². The van der Waals surface area contributed by atoms with Gasteiger partial charge in [0.05, 0.1) is 6.10 Å². The average Bonchev–Trinajstić information content (AvgIpc) is 2.57. The maximum atomic E-state index is 6.03. The van der Waals surface area contributed by atoms with Gasteiger partial charge in [0.1, 0.15) is 0 Å². The molecule has 0 aromatic carbocycles. The molecule has 2 N–H and O–H groups in total. The van der Waals surface area contributed by atoms with Crippen molar-refractivity contribution in [2.75, 3.05) is 18.0 Å². The molecule has 0 bridgehead atoms. The number of ether oxygens (including phenoxy) is 1.